The Balaban J connectivity index is 2.49. The quantitative estimate of drug-likeness (QED) is 0.589. The maximum absolute atomic E-state index is 13.4. The summed E-state index contributed by atoms with van der Waals surface area (Å²) in [6.45, 7) is 3.62. The SMILES string of the molecule is Cc1cc(C(Cl)c2ccc(Cl)cc2C)c(Cl)cc1F. The van der Waals surface area contributed by atoms with Crippen LogP contribution in [-0.2, 0) is 0 Å². The molecule has 2 aromatic carbocycles. The molecule has 4 heteroatoms. The van der Waals surface area contributed by atoms with Crippen LogP contribution in [0.25, 0.3) is 0 Å². The highest BCUT2D eigenvalue weighted by Gasteiger charge is 2.18. The lowest BCUT2D eigenvalue weighted by Gasteiger charge is -2.16. The molecule has 19 heavy (non-hydrogen) atoms. The van der Waals surface area contributed by atoms with E-state index in [2.05, 4.69) is 0 Å². The Hall–Kier alpha value is -0.760. The van der Waals surface area contributed by atoms with Crippen LogP contribution in [0.3, 0.4) is 0 Å². The summed E-state index contributed by atoms with van der Waals surface area (Å²) >= 11 is 18.5. The monoisotopic (exact) mass is 316 g/mol. The summed E-state index contributed by atoms with van der Waals surface area (Å²) < 4.78 is 13.4. The molecule has 0 nitrogen and oxygen atoms in total. The van der Waals surface area contributed by atoms with Gasteiger partial charge in [-0.25, -0.2) is 4.39 Å². The molecule has 2 rings (SSSR count). The normalized spacial score (nSPS) is 12.5. The molecule has 0 N–H and O–H groups in total. The third kappa shape index (κ3) is 3.05. The molecule has 0 amide bonds. The van der Waals surface area contributed by atoms with Crippen LogP contribution in [0, 0.1) is 19.7 Å². The summed E-state index contributed by atoms with van der Waals surface area (Å²) in [7, 11) is 0. The molecular formula is C15H12Cl3F. The largest absolute Gasteiger partial charge is 0.207 e. The standard InChI is InChI=1S/C15H12Cl3F/c1-8-5-10(16)3-4-11(8)15(18)12-6-9(2)14(19)7-13(12)17/h3-7,15H,1-2H3. The molecule has 0 heterocycles. The fourth-order valence-corrected chi connectivity index (χ4v) is 2.93. The first kappa shape index (κ1) is 14.6. The van der Waals surface area contributed by atoms with Crippen molar-refractivity contribution in [1.82, 2.24) is 0 Å². The van der Waals surface area contributed by atoms with Gasteiger partial charge < -0.3 is 0 Å². The Labute approximate surface area is 127 Å². The number of rotatable bonds is 2. The first-order valence-corrected chi connectivity index (χ1v) is 6.95. The van der Waals surface area contributed by atoms with Crippen LogP contribution >= 0.6 is 34.8 Å². The van der Waals surface area contributed by atoms with E-state index < -0.39 is 5.38 Å². The average Bonchev–Trinajstić information content (AvgIpc) is 2.33. The number of benzene rings is 2. The number of alkyl halides is 1. The summed E-state index contributed by atoms with van der Waals surface area (Å²) in [6.07, 6.45) is 0. The van der Waals surface area contributed by atoms with E-state index in [4.69, 9.17) is 34.8 Å². The molecule has 0 radical (unpaired) electrons. The van der Waals surface area contributed by atoms with Gasteiger partial charge in [0.05, 0.1) is 5.38 Å². The van der Waals surface area contributed by atoms with E-state index in [1.165, 1.54) is 6.07 Å². The van der Waals surface area contributed by atoms with E-state index in [1.807, 2.05) is 19.1 Å². The maximum Gasteiger partial charge on any atom is 0.127 e. The van der Waals surface area contributed by atoms with Crippen LogP contribution in [0.5, 0.6) is 0 Å². The van der Waals surface area contributed by atoms with Crippen LogP contribution in [0.2, 0.25) is 10.0 Å². The average molecular weight is 318 g/mol. The number of hydrogen-bond donors (Lipinski definition) is 0. The van der Waals surface area contributed by atoms with E-state index in [-0.39, 0.29) is 5.82 Å². The molecule has 100 valence electrons. The van der Waals surface area contributed by atoms with Crippen molar-refractivity contribution in [3.8, 4) is 0 Å². The van der Waals surface area contributed by atoms with Gasteiger partial charge in [0.2, 0.25) is 0 Å². The topological polar surface area (TPSA) is 0 Å². The molecule has 0 aliphatic rings. The van der Waals surface area contributed by atoms with E-state index >= 15 is 0 Å². The van der Waals surface area contributed by atoms with Gasteiger partial charge in [-0.2, -0.15) is 0 Å². The highest BCUT2D eigenvalue weighted by molar-refractivity contribution is 6.33. The second-order valence-electron chi connectivity index (χ2n) is 4.49. The Morgan fingerprint density at radius 3 is 2.26 bits per heavy atom. The van der Waals surface area contributed by atoms with Gasteiger partial charge in [-0.3, -0.25) is 0 Å². The zero-order chi connectivity index (χ0) is 14.2. The molecule has 0 saturated heterocycles. The Bertz CT molecular complexity index is 623. The van der Waals surface area contributed by atoms with Gasteiger partial charge in [-0.05, 0) is 60.4 Å². The first-order valence-electron chi connectivity index (χ1n) is 5.76. The smallest absolute Gasteiger partial charge is 0.127 e. The summed E-state index contributed by atoms with van der Waals surface area (Å²) in [4.78, 5) is 0. The lowest BCUT2D eigenvalue weighted by atomic mass is 9.98. The fraction of sp³-hybridized carbons (Fsp3) is 0.200. The lowest BCUT2D eigenvalue weighted by Crippen LogP contribution is -1.99. The Kier molecular flexibility index (Phi) is 4.39. The van der Waals surface area contributed by atoms with Crippen LogP contribution in [0.4, 0.5) is 4.39 Å². The third-order valence-electron chi connectivity index (χ3n) is 3.06. The second-order valence-corrected chi connectivity index (χ2v) is 5.77. The molecule has 0 aromatic heterocycles. The molecule has 0 spiro atoms. The fourth-order valence-electron chi connectivity index (χ4n) is 1.96. The van der Waals surface area contributed by atoms with Crippen molar-refractivity contribution in [2.24, 2.45) is 0 Å². The van der Waals surface area contributed by atoms with Crippen molar-refractivity contribution >= 4 is 34.8 Å². The van der Waals surface area contributed by atoms with Crippen LogP contribution in [-0.4, -0.2) is 0 Å². The summed E-state index contributed by atoms with van der Waals surface area (Å²) in [5.41, 5.74) is 3.12. The van der Waals surface area contributed by atoms with E-state index in [9.17, 15) is 4.39 Å². The minimum atomic E-state index is -0.427. The van der Waals surface area contributed by atoms with Crippen LogP contribution in [0.1, 0.15) is 27.6 Å². The minimum Gasteiger partial charge on any atom is -0.207 e. The van der Waals surface area contributed by atoms with Gasteiger partial charge in [-0.15, -0.1) is 11.6 Å². The van der Waals surface area contributed by atoms with Gasteiger partial charge in [0.1, 0.15) is 5.82 Å². The zero-order valence-corrected chi connectivity index (χ0v) is 12.7. The Morgan fingerprint density at radius 1 is 0.947 bits per heavy atom. The maximum atomic E-state index is 13.4. The predicted molar refractivity (Wildman–Crippen MR) is 80.0 cm³/mol. The van der Waals surface area contributed by atoms with Crippen molar-refractivity contribution < 1.29 is 4.39 Å². The van der Waals surface area contributed by atoms with E-state index in [1.54, 1.807) is 19.1 Å². The van der Waals surface area contributed by atoms with Crippen molar-refractivity contribution in [3.63, 3.8) is 0 Å². The van der Waals surface area contributed by atoms with Gasteiger partial charge in [-0.1, -0.05) is 29.3 Å². The molecule has 0 fully saturated rings. The second kappa shape index (κ2) is 5.70. The van der Waals surface area contributed by atoms with Gasteiger partial charge >= 0.3 is 0 Å². The van der Waals surface area contributed by atoms with E-state index in [0.29, 0.717) is 21.2 Å². The highest BCUT2D eigenvalue weighted by Crippen LogP contribution is 2.36. The summed E-state index contributed by atoms with van der Waals surface area (Å²) in [6, 6.07) is 8.47. The van der Waals surface area contributed by atoms with Crippen molar-refractivity contribution in [3.05, 3.63) is 68.4 Å². The molecule has 0 saturated carbocycles. The Morgan fingerprint density at radius 2 is 1.63 bits per heavy atom. The molecule has 1 atom stereocenters. The minimum absolute atomic E-state index is 0.328. The van der Waals surface area contributed by atoms with Gasteiger partial charge in [0, 0.05) is 10.0 Å². The summed E-state index contributed by atoms with van der Waals surface area (Å²) in [5.74, 6) is -0.328. The molecular weight excluding hydrogens is 306 g/mol. The molecule has 2 aromatic rings. The zero-order valence-electron chi connectivity index (χ0n) is 10.5. The molecule has 0 aliphatic carbocycles. The predicted octanol–water partition coefficient (Wildman–Crippen LogP) is 6.08. The van der Waals surface area contributed by atoms with Crippen molar-refractivity contribution in [1.29, 1.82) is 0 Å². The van der Waals surface area contributed by atoms with Crippen molar-refractivity contribution in [2.75, 3.05) is 0 Å². The lowest BCUT2D eigenvalue weighted by molar-refractivity contribution is 0.618. The molecule has 0 aliphatic heterocycles. The van der Waals surface area contributed by atoms with Gasteiger partial charge in [0.15, 0.2) is 0 Å². The molecule has 0 bridgehead atoms. The third-order valence-corrected chi connectivity index (χ3v) is 4.09. The number of halogens is 4. The highest BCUT2D eigenvalue weighted by atomic mass is 35.5. The number of aryl methyl sites for hydroxylation is 2. The number of hydrogen-bond acceptors (Lipinski definition) is 0. The first-order chi connectivity index (χ1) is 8.90. The molecule has 1 unspecified atom stereocenters. The van der Waals surface area contributed by atoms with Crippen molar-refractivity contribution in [2.45, 2.75) is 19.2 Å². The van der Waals surface area contributed by atoms with E-state index in [0.717, 1.165) is 11.1 Å². The van der Waals surface area contributed by atoms with Gasteiger partial charge in [0.25, 0.3) is 0 Å². The van der Waals surface area contributed by atoms with Crippen LogP contribution < -0.4 is 0 Å². The van der Waals surface area contributed by atoms with Crippen LogP contribution in [0.15, 0.2) is 30.3 Å². The summed E-state index contributed by atoms with van der Waals surface area (Å²) in [5, 5.41) is 0.563.